The van der Waals surface area contributed by atoms with Gasteiger partial charge in [-0.25, -0.2) is 4.79 Å². The smallest absolute Gasteiger partial charge is 0.419 e. The van der Waals surface area contributed by atoms with Crippen LogP contribution in [0.1, 0.15) is 47.0 Å². The lowest BCUT2D eigenvalue weighted by molar-refractivity contribution is -0.183. The average molecular weight is 279 g/mol. The zero-order chi connectivity index (χ0) is 15.1. The number of halogens is 2. The number of unbranched alkanes of at least 4 members (excludes halogenated alkanes) is 1. The number of rotatable bonds is 8. The van der Waals surface area contributed by atoms with Crippen LogP contribution in [0.5, 0.6) is 0 Å². The Balaban J connectivity index is 5.00. The fourth-order valence-electron chi connectivity index (χ4n) is 1.56. The van der Waals surface area contributed by atoms with Gasteiger partial charge in [0.2, 0.25) is 0 Å². The Morgan fingerprint density at radius 1 is 1.26 bits per heavy atom. The molecule has 0 bridgehead atoms. The van der Waals surface area contributed by atoms with Crippen LogP contribution in [0.2, 0.25) is 0 Å². The van der Waals surface area contributed by atoms with E-state index in [0.717, 1.165) is 11.3 Å². The number of hydrogen-bond acceptors (Lipinski definition) is 3. The highest BCUT2D eigenvalue weighted by Crippen LogP contribution is 2.22. The van der Waals surface area contributed by atoms with Crippen LogP contribution < -0.4 is 0 Å². The Morgan fingerprint density at radius 2 is 1.84 bits per heavy atom. The summed E-state index contributed by atoms with van der Waals surface area (Å²) >= 11 is 0. The van der Waals surface area contributed by atoms with Gasteiger partial charge in [0.25, 0.3) is 0 Å². The second-order valence-corrected chi connectivity index (χ2v) is 4.40. The number of hydrogen-bond donors (Lipinski definition) is 0. The summed E-state index contributed by atoms with van der Waals surface area (Å²) in [7, 11) is 0. The Labute approximate surface area is 113 Å². The van der Waals surface area contributed by atoms with Gasteiger partial charge in [-0.2, -0.15) is 8.78 Å². The molecule has 0 heterocycles. The van der Waals surface area contributed by atoms with Crippen LogP contribution in [0.25, 0.3) is 0 Å². The quantitative estimate of drug-likeness (QED) is 0.507. The van der Waals surface area contributed by atoms with Crippen molar-refractivity contribution in [1.29, 1.82) is 0 Å². The van der Waals surface area contributed by atoms with Gasteiger partial charge in [0.15, 0.2) is 0 Å². The summed E-state index contributed by atoms with van der Waals surface area (Å²) < 4.78 is 31.7. The van der Waals surface area contributed by atoms with Crippen molar-refractivity contribution in [3.8, 4) is 0 Å². The lowest BCUT2D eigenvalue weighted by Crippen LogP contribution is -2.52. The molecule has 0 N–H and O–H groups in total. The Bertz CT molecular complexity index is 308. The molecule has 6 heteroatoms. The molecule has 0 aromatic heterocycles. The van der Waals surface area contributed by atoms with Crippen molar-refractivity contribution in [1.82, 2.24) is 4.90 Å². The molecule has 112 valence electrons. The van der Waals surface area contributed by atoms with E-state index in [1.165, 1.54) is 6.92 Å². The summed E-state index contributed by atoms with van der Waals surface area (Å²) in [6.07, 6.45) is 1.95. The van der Waals surface area contributed by atoms with Crippen molar-refractivity contribution in [3.63, 3.8) is 0 Å². The summed E-state index contributed by atoms with van der Waals surface area (Å²) in [6.45, 7) is 6.86. The number of esters is 1. The normalized spacial score (nSPS) is 12.9. The predicted molar refractivity (Wildman–Crippen MR) is 68.0 cm³/mol. The third kappa shape index (κ3) is 4.76. The van der Waals surface area contributed by atoms with Crippen LogP contribution in [-0.4, -0.2) is 41.9 Å². The van der Waals surface area contributed by atoms with E-state index in [4.69, 9.17) is 0 Å². The Hall–Kier alpha value is -1.20. The molecule has 0 saturated carbocycles. The molecular formula is C13H23F2NO3. The summed E-state index contributed by atoms with van der Waals surface area (Å²) in [6, 6.07) is -0.334. The van der Waals surface area contributed by atoms with Crippen molar-refractivity contribution >= 4 is 11.9 Å². The highest BCUT2D eigenvalue weighted by molar-refractivity contribution is 6.04. The maximum absolute atomic E-state index is 13.7. The molecule has 0 aromatic rings. The van der Waals surface area contributed by atoms with Gasteiger partial charge in [-0.1, -0.05) is 20.3 Å². The molecule has 0 aromatic carbocycles. The SMILES string of the molecule is CCCCN(C(=O)C(F)(F)C(=O)OCC)C(C)CC. The molecule has 0 aliphatic rings. The summed E-state index contributed by atoms with van der Waals surface area (Å²) in [5.74, 6) is -7.34. The van der Waals surface area contributed by atoms with Gasteiger partial charge in [0.05, 0.1) is 6.61 Å². The first-order chi connectivity index (χ1) is 8.82. The van der Waals surface area contributed by atoms with Gasteiger partial charge in [0.1, 0.15) is 0 Å². The van der Waals surface area contributed by atoms with Crippen molar-refractivity contribution in [2.24, 2.45) is 0 Å². The van der Waals surface area contributed by atoms with E-state index in [1.54, 1.807) is 13.8 Å². The largest absolute Gasteiger partial charge is 0.461 e. The van der Waals surface area contributed by atoms with E-state index < -0.39 is 17.8 Å². The number of amides is 1. The van der Waals surface area contributed by atoms with Gasteiger partial charge in [-0.3, -0.25) is 4.79 Å². The molecule has 0 rings (SSSR count). The molecule has 0 saturated heterocycles. The maximum Gasteiger partial charge on any atom is 0.419 e. The number of carbonyl (C=O) groups is 2. The summed E-state index contributed by atoms with van der Waals surface area (Å²) in [5, 5.41) is 0. The highest BCUT2D eigenvalue weighted by atomic mass is 19.3. The van der Waals surface area contributed by atoms with E-state index in [9.17, 15) is 18.4 Å². The fourth-order valence-corrected chi connectivity index (χ4v) is 1.56. The third-order valence-corrected chi connectivity index (χ3v) is 2.94. The average Bonchev–Trinajstić information content (AvgIpc) is 2.38. The minimum atomic E-state index is -4.10. The van der Waals surface area contributed by atoms with Gasteiger partial charge in [-0.15, -0.1) is 0 Å². The Kier molecular flexibility index (Phi) is 7.56. The molecular weight excluding hydrogens is 256 g/mol. The molecule has 1 atom stereocenters. The molecule has 4 nitrogen and oxygen atoms in total. The van der Waals surface area contributed by atoms with E-state index >= 15 is 0 Å². The molecule has 0 aliphatic heterocycles. The second-order valence-electron chi connectivity index (χ2n) is 4.40. The summed E-state index contributed by atoms with van der Waals surface area (Å²) in [4.78, 5) is 24.1. The molecule has 1 unspecified atom stereocenters. The predicted octanol–water partition coefficient (Wildman–Crippen LogP) is 2.61. The lowest BCUT2D eigenvalue weighted by atomic mass is 10.1. The van der Waals surface area contributed by atoms with Gasteiger partial charge in [-0.05, 0) is 26.7 Å². The second kappa shape index (κ2) is 8.07. The molecule has 1 amide bonds. The lowest BCUT2D eigenvalue weighted by Gasteiger charge is -2.30. The minimum Gasteiger partial charge on any atom is -0.461 e. The standard InChI is InChI=1S/C13H23F2NO3/c1-5-8-9-16(10(4)6-2)11(17)13(14,15)12(18)19-7-3/h10H,5-9H2,1-4H3. The van der Waals surface area contributed by atoms with Gasteiger partial charge >= 0.3 is 17.8 Å². The van der Waals surface area contributed by atoms with Gasteiger partial charge in [0, 0.05) is 12.6 Å². The first-order valence-electron chi connectivity index (χ1n) is 6.68. The first kappa shape index (κ1) is 17.8. The topological polar surface area (TPSA) is 46.6 Å². The molecule has 0 aliphatic carbocycles. The Morgan fingerprint density at radius 3 is 2.26 bits per heavy atom. The van der Waals surface area contributed by atoms with Gasteiger partial charge < -0.3 is 9.64 Å². The minimum absolute atomic E-state index is 0.181. The zero-order valence-corrected chi connectivity index (χ0v) is 12.0. The van der Waals surface area contributed by atoms with E-state index in [2.05, 4.69) is 4.74 Å². The number of ether oxygens (including phenoxy) is 1. The van der Waals surface area contributed by atoms with Crippen molar-refractivity contribution < 1.29 is 23.1 Å². The maximum atomic E-state index is 13.7. The molecule has 0 spiro atoms. The number of alkyl halides is 2. The number of carbonyl (C=O) groups excluding carboxylic acids is 2. The van der Waals surface area contributed by atoms with Crippen LogP contribution in [0, 0.1) is 0 Å². The van der Waals surface area contributed by atoms with Crippen molar-refractivity contribution in [2.45, 2.75) is 58.9 Å². The van der Waals surface area contributed by atoms with E-state index in [-0.39, 0.29) is 19.2 Å². The first-order valence-corrected chi connectivity index (χ1v) is 6.68. The van der Waals surface area contributed by atoms with Crippen molar-refractivity contribution in [3.05, 3.63) is 0 Å². The van der Waals surface area contributed by atoms with E-state index in [0.29, 0.717) is 12.8 Å². The van der Waals surface area contributed by atoms with Crippen LogP contribution in [0.15, 0.2) is 0 Å². The molecule has 0 radical (unpaired) electrons. The highest BCUT2D eigenvalue weighted by Gasteiger charge is 2.51. The summed E-state index contributed by atoms with van der Waals surface area (Å²) in [5.41, 5.74) is 0. The van der Waals surface area contributed by atoms with Crippen molar-refractivity contribution in [2.75, 3.05) is 13.2 Å². The third-order valence-electron chi connectivity index (χ3n) is 2.94. The van der Waals surface area contributed by atoms with Crippen LogP contribution in [0.3, 0.4) is 0 Å². The number of nitrogens with zero attached hydrogens (tertiary/aromatic N) is 1. The molecule has 19 heavy (non-hydrogen) atoms. The zero-order valence-electron chi connectivity index (χ0n) is 12.0. The van der Waals surface area contributed by atoms with Crippen LogP contribution >= 0.6 is 0 Å². The molecule has 0 fully saturated rings. The van der Waals surface area contributed by atoms with Crippen LogP contribution in [0.4, 0.5) is 8.78 Å². The van der Waals surface area contributed by atoms with E-state index in [1.807, 2.05) is 6.92 Å². The monoisotopic (exact) mass is 279 g/mol. The van der Waals surface area contributed by atoms with Crippen LogP contribution in [-0.2, 0) is 14.3 Å². The fraction of sp³-hybridized carbons (Fsp3) is 0.846.